The van der Waals surface area contributed by atoms with Gasteiger partial charge in [0, 0.05) is 26.2 Å². The van der Waals surface area contributed by atoms with Gasteiger partial charge in [0.25, 0.3) is 0 Å². The zero-order chi connectivity index (χ0) is 20.0. The monoisotopic (exact) mass is 398 g/mol. The van der Waals surface area contributed by atoms with Crippen LogP contribution in [-0.2, 0) is 20.0 Å². The van der Waals surface area contributed by atoms with Gasteiger partial charge in [-0.1, -0.05) is 55.4 Å². The van der Waals surface area contributed by atoms with E-state index in [0.717, 1.165) is 0 Å². The molecule has 0 saturated heterocycles. The Labute approximate surface area is 156 Å². The third kappa shape index (κ3) is 9.92. The highest BCUT2D eigenvalue weighted by molar-refractivity contribution is 8.05. The summed E-state index contributed by atoms with van der Waals surface area (Å²) < 4.78 is 53.9. The van der Waals surface area contributed by atoms with E-state index in [1.807, 2.05) is 55.4 Å². The molecule has 0 radical (unpaired) electrons. The molecular weight excluding hydrogens is 360 g/mol. The molecule has 0 atom stereocenters. The molecule has 0 aromatic rings. The molecule has 0 amide bonds. The second-order valence-electron chi connectivity index (χ2n) is 8.55. The highest BCUT2D eigenvalue weighted by Gasteiger charge is 2.34. The molecule has 0 spiro atoms. The van der Waals surface area contributed by atoms with Gasteiger partial charge in [0.05, 0.1) is 0 Å². The fourth-order valence-electron chi connectivity index (χ4n) is 2.57. The molecule has 6 nitrogen and oxygen atoms in total. The summed E-state index contributed by atoms with van der Waals surface area (Å²) in [6.07, 6.45) is 0. The van der Waals surface area contributed by atoms with Crippen LogP contribution < -0.4 is 0 Å². The van der Waals surface area contributed by atoms with E-state index >= 15 is 0 Å². The van der Waals surface area contributed by atoms with Crippen LogP contribution in [0.15, 0.2) is 0 Å². The fraction of sp³-hybridized carbons (Fsp3) is 1.00. The Morgan fingerprint density at radius 2 is 0.720 bits per heavy atom. The Kier molecular flexibility index (Phi) is 10.2. The minimum atomic E-state index is -3.88. The SMILES string of the molecule is CC(C)CN(CC(C)C)S(=O)(=O)CS(=O)(=O)N(CC(C)C)CC(C)C. The van der Waals surface area contributed by atoms with E-state index in [2.05, 4.69) is 0 Å². The van der Waals surface area contributed by atoms with Crippen LogP contribution >= 0.6 is 0 Å². The van der Waals surface area contributed by atoms with Crippen molar-refractivity contribution in [3.05, 3.63) is 0 Å². The van der Waals surface area contributed by atoms with Crippen LogP contribution in [0.25, 0.3) is 0 Å². The predicted octanol–water partition coefficient (Wildman–Crippen LogP) is 2.83. The maximum atomic E-state index is 12.8. The average molecular weight is 399 g/mol. The van der Waals surface area contributed by atoms with E-state index in [-0.39, 0.29) is 23.7 Å². The van der Waals surface area contributed by atoms with Crippen molar-refractivity contribution in [2.45, 2.75) is 55.4 Å². The molecule has 0 saturated carbocycles. The van der Waals surface area contributed by atoms with Gasteiger partial charge in [-0.25, -0.2) is 25.4 Å². The van der Waals surface area contributed by atoms with Crippen LogP contribution in [0.3, 0.4) is 0 Å². The van der Waals surface area contributed by atoms with Crippen molar-refractivity contribution in [3.8, 4) is 0 Å². The zero-order valence-electron chi connectivity index (χ0n) is 17.2. The van der Waals surface area contributed by atoms with Gasteiger partial charge in [-0.05, 0) is 23.7 Å². The number of sulfonamides is 2. The van der Waals surface area contributed by atoms with E-state index in [1.165, 1.54) is 8.61 Å². The molecule has 0 fully saturated rings. The molecule has 0 unspecified atom stereocenters. The summed E-state index contributed by atoms with van der Waals surface area (Å²) in [7, 11) is -7.77. The van der Waals surface area contributed by atoms with Crippen molar-refractivity contribution in [2.75, 3.05) is 31.3 Å². The summed E-state index contributed by atoms with van der Waals surface area (Å²) in [5.74, 6) is 0.551. The summed E-state index contributed by atoms with van der Waals surface area (Å²) >= 11 is 0. The summed E-state index contributed by atoms with van der Waals surface area (Å²) in [4.78, 5) is 0. The fourth-order valence-corrected chi connectivity index (χ4v) is 7.37. The van der Waals surface area contributed by atoms with Gasteiger partial charge in [-0.2, -0.15) is 0 Å². The molecular formula is C17H38N2O4S2. The van der Waals surface area contributed by atoms with Gasteiger partial charge in [0.2, 0.25) is 20.0 Å². The summed E-state index contributed by atoms with van der Waals surface area (Å²) in [6, 6.07) is 0. The Balaban J connectivity index is 5.54. The second-order valence-corrected chi connectivity index (χ2v) is 12.9. The Hall–Kier alpha value is -0.180. The molecule has 0 rings (SSSR count). The van der Waals surface area contributed by atoms with Gasteiger partial charge < -0.3 is 0 Å². The number of hydrogen-bond donors (Lipinski definition) is 0. The molecule has 0 aliphatic rings. The number of rotatable bonds is 12. The lowest BCUT2D eigenvalue weighted by molar-refractivity contribution is 0.328. The topological polar surface area (TPSA) is 74.8 Å². The van der Waals surface area contributed by atoms with Crippen LogP contribution in [0.4, 0.5) is 0 Å². The summed E-state index contributed by atoms with van der Waals surface area (Å²) in [6.45, 7) is 16.8. The maximum Gasteiger partial charge on any atom is 0.229 e. The lowest BCUT2D eigenvalue weighted by Gasteiger charge is -2.29. The van der Waals surface area contributed by atoms with Crippen LogP contribution in [0, 0.1) is 23.7 Å². The molecule has 8 heteroatoms. The molecule has 0 heterocycles. The molecule has 0 aromatic heterocycles. The largest absolute Gasteiger partial charge is 0.229 e. The molecule has 0 aliphatic heterocycles. The number of hydrogen-bond acceptors (Lipinski definition) is 4. The quantitative estimate of drug-likeness (QED) is 0.507. The predicted molar refractivity (Wildman–Crippen MR) is 105 cm³/mol. The minimum Gasteiger partial charge on any atom is -0.211 e. The van der Waals surface area contributed by atoms with Crippen molar-refractivity contribution in [2.24, 2.45) is 23.7 Å². The smallest absolute Gasteiger partial charge is 0.211 e. The summed E-state index contributed by atoms with van der Waals surface area (Å²) in [5, 5.41) is -0.848. The lowest BCUT2D eigenvalue weighted by Crippen LogP contribution is -2.45. The maximum absolute atomic E-state index is 12.8. The van der Waals surface area contributed by atoms with E-state index in [4.69, 9.17) is 0 Å². The first kappa shape index (κ1) is 24.8. The van der Waals surface area contributed by atoms with E-state index in [1.54, 1.807) is 0 Å². The van der Waals surface area contributed by atoms with Gasteiger partial charge in [-0.3, -0.25) is 0 Å². The third-order valence-corrected chi connectivity index (χ3v) is 7.91. The Bertz CT molecular complexity index is 510. The Morgan fingerprint density at radius 1 is 0.520 bits per heavy atom. The van der Waals surface area contributed by atoms with E-state index in [0.29, 0.717) is 26.2 Å². The van der Waals surface area contributed by atoms with Gasteiger partial charge in [0.1, 0.15) is 0 Å². The standard InChI is InChI=1S/C17H38N2O4S2/c1-14(2)9-18(10-15(3)4)24(20,21)13-25(22,23)19(11-16(5)6)12-17(7)8/h14-17H,9-13H2,1-8H3. The molecule has 25 heavy (non-hydrogen) atoms. The highest BCUT2D eigenvalue weighted by atomic mass is 32.3. The average Bonchev–Trinajstić information content (AvgIpc) is 2.33. The van der Waals surface area contributed by atoms with Crippen molar-refractivity contribution in [1.82, 2.24) is 8.61 Å². The molecule has 0 bridgehead atoms. The molecule has 0 aliphatic carbocycles. The summed E-state index contributed by atoms with van der Waals surface area (Å²) in [5.41, 5.74) is 0. The van der Waals surface area contributed by atoms with E-state index in [9.17, 15) is 16.8 Å². The molecule has 0 N–H and O–H groups in total. The molecule has 152 valence electrons. The number of nitrogens with zero attached hydrogens (tertiary/aromatic N) is 2. The molecule has 0 aromatic carbocycles. The van der Waals surface area contributed by atoms with Crippen molar-refractivity contribution < 1.29 is 16.8 Å². The third-order valence-electron chi connectivity index (χ3n) is 3.36. The zero-order valence-corrected chi connectivity index (χ0v) is 18.8. The van der Waals surface area contributed by atoms with Gasteiger partial charge in [0.15, 0.2) is 5.08 Å². The van der Waals surface area contributed by atoms with Crippen molar-refractivity contribution in [3.63, 3.8) is 0 Å². The van der Waals surface area contributed by atoms with Crippen LogP contribution in [-0.4, -0.2) is 56.7 Å². The first-order valence-corrected chi connectivity index (χ1v) is 12.3. The first-order valence-electron chi connectivity index (χ1n) is 9.13. The Morgan fingerprint density at radius 3 is 0.880 bits per heavy atom. The first-order chi connectivity index (χ1) is 11.2. The van der Waals surface area contributed by atoms with Crippen molar-refractivity contribution >= 4 is 20.0 Å². The van der Waals surface area contributed by atoms with Gasteiger partial charge >= 0.3 is 0 Å². The van der Waals surface area contributed by atoms with Gasteiger partial charge in [-0.15, -0.1) is 0 Å². The normalized spacial score (nSPS) is 14.0. The van der Waals surface area contributed by atoms with Crippen LogP contribution in [0.1, 0.15) is 55.4 Å². The van der Waals surface area contributed by atoms with Crippen LogP contribution in [0.2, 0.25) is 0 Å². The van der Waals surface area contributed by atoms with Crippen molar-refractivity contribution in [1.29, 1.82) is 0 Å². The van der Waals surface area contributed by atoms with Crippen LogP contribution in [0.5, 0.6) is 0 Å². The van der Waals surface area contributed by atoms with E-state index < -0.39 is 25.1 Å². The lowest BCUT2D eigenvalue weighted by atomic mass is 10.2. The second kappa shape index (κ2) is 10.2. The highest BCUT2D eigenvalue weighted by Crippen LogP contribution is 2.16. The minimum absolute atomic E-state index is 0.138.